The van der Waals surface area contributed by atoms with Gasteiger partial charge in [0.2, 0.25) is 10.0 Å². The molecule has 1 aromatic carbocycles. The third-order valence-corrected chi connectivity index (χ3v) is 4.57. The first-order chi connectivity index (χ1) is 7.49. The quantitative estimate of drug-likeness (QED) is 0.792. The summed E-state index contributed by atoms with van der Waals surface area (Å²) < 4.78 is 25.4. The molecule has 90 valence electrons. The van der Waals surface area contributed by atoms with Crippen LogP contribution in [-0.4, -0.2) is 25.8 Å². The van der Waals surface area contributed by atoms with Crippen molar-refractivity contribution >= 4 is 10.0 Å². The summed E-state index contributed by atoms with van der Waals surface area (Å²) in [5.74, 6) is 0.0922. The maximum Gasteiger partial charge on any atom is 0.218 e. The Morgan fingerprint density at radius 1 is 1.06 bits per heavy atom. The van der Waals surface area contributed by atoms with E-state index in [0.717, 1.165) is 11.1 Å². The predicted molar refractivity (Wildman–Crippen MR) is 66.7 cm³/mol. The predicted octanol–water partition coefficient (Wildman–Crippen LogP) is 2.17. The Labute approximate surface area is 98.1 Å². The summed E-state index contributed by atoms with van der Waals surface area (Å²) >= 11 is 0. The fourth-order valence-corrected chi connectivity index (χ4v) is 3.19. The van der Waals surface area contributed by atoms with Gasteiger partial charge in [0.05, 0.1) is 5.75 Å². The Hall–Kier alpha value is -0.870. The zero-order chi connectivity index (χ0) is 12.2. The average molecular weight is 241 g/mol. The van der Waals surface area contributed by atoms with Gasteiger partial charge in [-0.2, -0.15) is 0 Å². The highest BCUT2D eigenvalue weighted by molar-refractivity contribution is 7.88. The molecule has 3 nitrogen and oxygen atoms in total. The molecule has 0 N–H and O–H groups in total. The molecule has 0 aromatic heterocycles. The van der Waals surface area contributed by atoms with Crippen LogP contribution in [0.2, 0.25) is 0 Å². The number of nitrogens with zero attached hydrogens (tertiary/aromatic N) is 1. The molecule has 0 fully saturated rings. The summed E-state index contributed by atoms with van der Waals surface area (Å²) in [6, 6.07) is 7.62. The smallest absolute Gasteiger partial charge is 0.212 e. The number of hydrogen-bond acceptors (Lipinski definition) is 2. The molecule has 4 heteroatoms. The van der Waals surface area contributed by atoms with Crippen LogP contribution in [-0.2, 0) is 15.8 Å². The molecular formula is C12H19NO2S. The van der Waals surface area contributed by atoms with Crippen molar-refractivity contribution in [2.45, 2.75) is 26.5 Å². The number of hydrogen-bond donors (Lipinski definition) is 0. The molecule has 0 heterocycles. The molecule has 0 atom stereocenters. The minimum absolute atomic E-state index is 0.0922. The zero-order valence-corrected chi connectivity index (χ0v) is 10.9. The molecule has 1 rings (SSSR count). The third kappa shape index (κ3) is 3.32. The van der Waals surface area contributed by atoms with Crippen LogP contribution >= 0.6 is 0 Å². The van der Waals surface area contributed by atoms with Crippen molar-refractivity contribution in [3.8, 4) is 0 Å². The lowest BCUT2D eigenvalue weighted by molar-refractivity contribution is 0.444. The lowest BCUT2D eigenvalue weighted by atomic mass is 10.2. The van der Waals surface area contributed by atoms with Crippen LogP contribution in [0.25, 0.3) is 0 Å². The molecule has 1 aromatic rings. The van der Waals surface area contributed by atoms with E-state index in [1.807, 2.05) is 45.0 Å². The van der Waals surface area contributed by atoms with Gasteiger partial charge in [0.15, 0.2) is 0 Å². The van der Waals surface area contributed by atoms with E-state index in [0.29, 0.717) is 13.1 Å². The molecule has 0 bridgehead atoms. The summed E-state index contributed by atoms with van der Waals surface area (Å²) in [6.07, 6.45) is 0. The topological polar surface area (TPSA) is 37.4 Å². The van der Waals surface area contributed by atoms with Crippen molar-refractivity contribution in [1.29, 1.82) is 0 Å². The summed E-state index contributed by atoms with van der Waals surface area (Å²) in [6.45, 7) is 6.77. The zero-order valence-electron chi connectivity index (χ0n) is 10.1. The van der Waals surface area contributed by atoms with Crippen molar-refractivity contribution in [2.24, 2.45) is 0 Å². The summed E-state index contributed by atoms with van der Waals surface area (Å²) in [5, 5.41) is 0. The molecule has 0 saturated heterocycles. The number of rotatable bonds is 5. The highest BCUT2D eigenvalue weighted by Gasteiger charge is 2.18. The molecule has 0 aliphatic rings. The SMILES string of the molecule is CCN(CC)S(=O)(=O)Cc1ccc(C)cc1. The van der Waals surface area contributed by atoms with E-state index in [4.69, 9.17) is 0 Å². The third-order valence-electron chi connectivity index (χ3n) is 2.57. The lowest BCUT2D eigenvalue weighted by Gasteiger charge is -2.18. The maximum atomic E-state index is 12.0. The Balaban J connectivity index is 2.84. The van der Waals surface area contributed by atoms with Crippen molar-refractivity contribution in [2.75, 3.05) is 13.1 Å². The second-order valence-electron chi connectivity index (χ2n) is 3.83. The first kappa shape index (κ1) is 13.2. The lowest BCUT2D eigenvalue weighted by Crippen LogP contribution is -2.31. The Morgan fingerprint density at radius 2 is 1.56 bits per heavy atom. The number of sulfonamides is 1. The molecule has 0 spiro atoms. The van der Waals surface area contributed by atoms with Crippen LogP contribution in [0.5, 0.6) is 0 Å². The second kappa shape index (κ2) is 5.46. The minimum Gasteiger partial charge on any atom is -0.212 e. The van der Waals surface area contributed by atoms with Gasteiger partial charge >= 0.3 is 0 Å². The minimum atomic E-state index is -3.16. The fourth-order valence-electron chi connectivity index (χ4n) is 1.60. The molecule has 0 unspecified atom stereocenters. The van der Waals surface area contributed by atoms with Crippen LogP contribution in [0.3, 0.4) is 0 Å². The van der Waals surface area contributed by atoms with Crippen LogP contribution in [0.15, 0.2) is 24.3 Å². The van der Waals surface area contributed by atoms with Crippen LogP contribution in [0, 0.1) is 6.92 Å². The van der Waals surface area contributed by atoms with Crippen LogP contribution in [0.1, 0.15) is 25.0 Å². The van der Waals surface area contributed by atoms with Gasteiger partial charge in [-0.15, -0.1) is 0 Å². The van der Waals surface area contributed by atoms with Crippen LogP contribution < -0.4 is 0 Å². The Bertz CT molecular complexity index is 419. The van der Waals surface area contributed by atoms with E-state index in [1.54, 1.807) is 0 Å². The van der Waals surface area contributed by atoms with E-state index in [1.165, 1.54) is 4.31 Å². The Morgan fingerprint density at radius 3 is 2.00 bits per heavy atom. The van der Waals surface area contributed by atoms with Gasteiger partial charge in [-0.3, -0.25) is 0 Å². The van der Waals surface area contributed by atoms with E-state index in [2.05, 4.69) is 0 Å². The van der Waals surface area contributed by atoms with Crippen LogP contribution in [0.4, 0.5) is 0 Å². The van der Waals surface area contributed by atoms with Gasteiger partial charge in [0.1, 0.15) is 0 Å². The van der Waals surface area contributed by atoms with Gasteiger partial charge in [0.25, 0.3) is 0 Å². The van der Waals surface area contributed by atoms with Crippen molar-refractivity contribution in [3.05, 3.63) is 35.4 Å². The normalized spacial score (nSPS) is 12.0. The highest BCUT2D eigenvalue weighted by atomic mass is 32.2. The molecule has 0 amide bonds. The van der Waals surface area contributed by atoms with E-state index < -0.39 is 10.0 Å². The summed E-state index contributed by atoms with van der Waals surface area (Å²) in [5.41, 5.74) is 1.99. The maximum absolute atomic E-state index is 12.0. The van der Waals surface area contributed by atoms with E-state index >= 15 is 0 Å². The monoisotopic (exact) mass is 241 g/mol. The summed E-state index contributed by atoms with van der Waals surface area (Å²) in [7, 11) is -3.16. The molecule has 0 aliphatic carbocycles. The standard InChI is InChI=1S/C12H19NO2S/c1-4-13(5-2)16(14,15)10-12-8-6-11(3)7-9-12/h6-9H,4-5,10H2,1-3H3. The van der Waals surface area contributed by atoms with E-state index in [9.17, 15) is 8.42 Å². The number of aryl methyl sites for hydroxylation is 1. The van der Waals surface area contributed by atoms with Gasteiger partial charge in [-0.25, -0.2) is 12.7 Å². The first-order valence-electron chi connectivity index (χ1n) is 5.53. The average Bonchev–Trinajstić information content (AvgIpc) is 2.22. The van der Waals surface area contributed by atoms with Gasteiger partial charge < -0.3 is 0 Å². The van der Waals surface area contributed by atoms with Crippen molar-refractivity contribution < 1.29 is 8.42 Å². The molecule has 16 heavy (non-hydrogen) atoms. The van der Waals surface area contributed by atoms with Crippen molar-refractivity contribution in [3.63, 3.8) is 0 Å². The van der Waals surface area contributed by atoms with Gasteiger partial charge in [-0.05, 0) is 12.5 Å². The largest absolute Gasteiger partial charge is 0.218 e. The van der Waals surface area contributed by atoms with Gasteiger partial charge in [0, 0.05) is 13.1 Å². The van der Waals surface area contributed by atoms with Crippen molar-refractivity contribution in [1.82, 2.24) is 4.31 Å². The number of benzene rings is 1. The molecule has 0 saturated carbocycles. The molecule has 0 radical (unpaired) electrons. The second-order valence-corrected chi connectivity index (χ2v) is 5.80. The summed E-state index contributed by atoms with van der Waals surface area (Å²) in [4.78, 5) is 0. The highest BCUT2D eigenvalue weighted by Crippen LogP contribution is 2.11. The van der Waals surface area contributed by atoms with E-state index in [-0.39, 0.29) is 5.75 Å². The van der Waals surface area contributed by atoms with Gasteiger partial charge in [-0.1, -0.05) is 43.7 Å². The Kier molecular flexibility index (Phi) is 4.50. The molecule has 0 aliphatic heterocycles. The molecular weight excluding hydrogens is 222 g/mol. The fraction of sp³-hybridized carbons (Fsp3) is 0.500. The first-order valence-corrected chi connectivity index (χ1v) is 7.14.